The largest absolute Gasteiger partial charge is 0.495 e. The van der Waals surface area contributed by atoms with E-state index in [1.54, 1.807) is 55.5 Å². The first kappa shape index (κ1) is 31.3. The van der Waals surface area contributed by atoms with Gasteiger partial charge in [0.15, 0.2) is 0 Å². The number of carbonyl (C=O) groups excluding carboxylic acids is 2. The molecule has 3 aromatic rings. The molecule has 1 N–H and O–H groups in total. The van der Waals surface area contributed by atoms with Crippen LogP contribution in [0.2, 0.25) is 10.0 Å². The van der Waals surface area contributed by atoms with Crippen LogP contribution < -0.4 is 14.4 Å². The average molecular weight is 607 g/mol. The number of anilines is 1. The van der Waals surface area contributed by atoms with E-state index in [2.05, 4.69) is 5.32 Å². The number of methoxy groups -OCH3 is 1. The molecule has 0 aromatic heterocycles. The molecule has 0 aliphatic heterocycles. The summed E-state index contributed by atoms with van der Waals surface area (Å²) in [4.78, 5) is 28.5. The summed E-state index contributed by atoms with van der Waals surface area (Å²) in [5, 5.41) is 3.69. The van der Waals surface area contributed by atoms with Gasteiger partial charge >= 0.3 is 0 Å². The Labute approximate surface area is 245 Å². The topological polar surface area (TPSA) is 96.0 Å². The molecule has 0 aliphatic rings. The van der Waals surface area contributed by atoms with Gasteiger partial charge in [-0.25, -0.2) is 8.42 Å². The van der Waals surface area contributed by atoms with Crippen LogP contribution in [0.25, 0.3) is 0 Å². The van der Waals surface area contributed by atoms with Crippen molar-refractivity contribution in [3.63, 3.8) is 0 Å². The van der Waals surface area contributed by atoms with Crippen molar-refractivity contribution in [2.24, 2.45) is 0 Å². The first-order valence-corrected chi connectivity index (χ1v) is 14.9. The second kappa shape index (κ2) is 13.9. The molecule has 2 unspecified atom stereocenters. The Morgan fingerprint density at radius 3 is 2.17 bits per heavy atom. The van der Waals surface area contributed by atoms with Crippen LogP contribution >= 0.6 is 23.2 Å². The average Bonchev–Trinajstić information content (AvgIpc) is 2.95. The Kier molecular flexibility index (Phi) is 10.8. The predicted octanol–water partition coefficient (Wildman–Crippen LogP) is 5.53. The van der Waals surface area contributed by atoms with E-state index in [0.717, 1.165) is 9.87 Å². The smallest absolute Gasteiger partial charge is 0.264 e. The highest BCUT2D eigenvalue weighted by atomic mass is 35.5. The molecule has 214 valence electrons. The highest BCUT2D eigenvalue weighted by Gasteiger charge is 2.34. The van der Waals surface area contributed by atoms with Crippen LogP contribution in [0.15, 0.2) is 77.7 Å². The maximum atomic E-state index is 14.0. The van der Waals surface area contributed by atoms with Crippen LogP contribution in [0.3, 0.4) is 0 Å². The van der Waals surface area contributed by atoms with Gasteiger partial charge in [0.25, 0.3) is 10.0 Å². The zero-order chi connectivity index (χ0) is 29.4. The summed E-state index contributed by atoms with van der Waals surface area (Å²) in [5.74, 6) is -0.735. The minimum absolute atomic E-state index is 0.0170. The number of carbonyl (C=O) groups is 2. The number of ether oxygens (including phenoxy) is 1. The van der Waals surface area contributed by atoms with Gasteiger partial charge in [-0.2, -0.15) is 0 Å². The summed E-state index contributed by atoms with van der Waals surface area (Å²) >= 11 is 12.3. The van der Waals surface area contributed by atoms with Crippen molar-refractivity contribution in [2.75, 3.05) is 18.0 Å². The Hall–Kier alpha value is -3.27. The highest BCUT2D eigenvalue weighted by molar-refractivity contribution is 7.92. The zero-order valence-corrected chi connectivity index (χ0v) is 25.1. The third-order valence-electron chi connectivity index (χ3n) is 6.45. The number of sulfonamides is 1. The van der Waals surface area contributed by atoms with Crippen molar-refractivity contribution in [3.8, 4) is 5.75 Å². The number of rotatable bonds is 12. The lowest BCUT2D eigenvalue weighted by Crippen LogP contribution is -2.52. The van der Waals surface area contributed by atoms with Crippen LogP contribution in [0.1, 0.15) is 32.8 Å². The summed E-state index contributed by atoms with van der Waals surface area (Å²) < 4.78 is 34.2. The molecule has 0 heterocycles. The third kappa shape index (κ3) is 7.68. The van der Waals surface area contributed by atoms with Crippen molar-refractivity contribution in [2.45, 2.75) is 50.7 Å². The molecule has 0 aliphatic carbocycles. The number of hydrogen-bond acceptors (Lipinski definition) is 5. The number of amides is 2. The van der Waals surface area contributed by atoms with E-state index in [4.69, 9.17) is 27.9 Å². The van der Waals surface area contributed by atoms with E-state index < -0.39 is 28.5 Å². The molecule has 2 amide bonds. The maximum absolute atomic E-state index is 14.0. The number of benzene rings is 3. The minimum atomic E-state index is -4.25. The monoisotopic (exact) mass is 605 g/mol. The molecule has 0 radical (unpaired) electrons. The molecule has 0 saturated heterocycles. The lowest BCUT2D eigenvalue weighted by Gasteiger charge is -2.32. The van der Waals surface area contributed by atoms with E-state index >= 15 is 0 Å². The van der Waals surface area contributed by atoms with Crippen molar-refractivity contribution < 1.29 is 22.7 Å². The minimum Gasteiger partial charge on any atom is -0.495 e. The number of halogens is 2. The zero-order valence-electron chi connectivity index (χ0n) is 22.8. The van der Waals surface area contributed by atoms with Crippen molar-refractivity contribution in [3.05, 3.63) is 88.4 Å². The van der Waals surface area contributed by atoms with Crippen LogP contribution in [-0.2, 0) is 26.2 Å². The van der Waals surface area contributed by atoms with Crippen molar-refractivity contribution in [1.82, 2.24) is 10.2 Å². The fourth-order valence-corrected chi connectivity index (χ4v) is 5.66. The number of nitrogens with zero attached hydrogens (tertiary/aromatic N) is 2. The normalized spacial score (nSPS) is 12.8. The Morgan fingerprint density at radius 2 is 1.57 bits per heavy atom. The van der Waals surface area contributed by atoms with Crippen LogP contribution in [-0.4, -0.2) is 50.9 Å². The molecule has 40 heavy (non-hydrogen) atoms. The first-order valence-electron chi connectivity index (χ1n) is 12.7. The van der Waals surface area contributed by atoms with Crippen molar-refractivity contribution in [1.29, 1.82) is 0 Å². The van der Waals surface area contributed by atoms with Crippen LogP contribution in [0, 0.1) is 0 Å². The van der Waals surface area contributed by atoms with Gasteiger partial charge in [-0.15, -0.1) is 0 Å². The molecule has 2 atom stereocenters. The summed E-state index contributed by atoms with van der Waals surface area (Å²) in [6.07, 6.45) is 0.710. The summed E-state index contributed by atoms with van der Waals surface area (Å²) in [6, 6.07) is 18.2. The first-order chi connectivity index (χ1) is 19.0. The second-order valence-electron chi connectivity index (χ2n) is 9.28. The van der Waals surface area contributed by atoms with Gasteiger partial charge in [0.2, 0.25) is 11.8 Å². The molecule has 0 fully saturated rings. The lowest BCUT2D eigenvalue weighted by molar-refractivity contribution is -0.139. The van der Waals surface area contributed by atoms with Crippen molar-refractivity contribution >= 4 is 50.7 Å². The molecule has 0 spiro atoms. The molecular formula is C29H33Cl2N3O5S. The molecule has 0 saturated carbocycles. The predicted molar refractivity (Wildman–Crippen MR) is 158 cm³/mol. The van der Waals surface area contributed by atoms with Gasteiger partial charge in [-0.3, -0.25) is 13.9 Å². The van der Waals surface area contributed by atoms with E-state index in [9.17, 15) is 18.0 Å². The lowest BCUT2D eigenvalue weighted by atomic mass is 10.1. The van der Waals surface area contributed by atoms with E-state index in [1.165, 1.54) is 36.3 Å². The highest BCUT2D eigenvalue weighted by Crippen LogP contribution is 2.35. The van der Waals surface area contributed by atoms with Gasteiger partial charge in [0.05, 0.1) is 17.7 Å². The Morgan fingerprint density at radius 1 is 0.950 bits per heavy atom. The second-order valence-corrected chi connectivity index (χ2v) is 12.0. The van der Waals surface area contributed by atoms with Gasteiger partial charge in [-0.05, 0) is 68.3 Å². The Balaban J connectivity index is 2.08. The maximum Gasteiger partial charge on any atom is 0.264 e. The number of nitrogens with one attached hydrogen (secondary N) is 1. The Bertz CT molecular complexity index is 1420. The van der Waals surface area contributed by atoms with E-state index in [0.29, 0.717) is 11.4 Å². The molecule has 3 aromatic carbocycles. The molecular weight excluding hydrogens is 573 g/mol. The fourth-order valence-electron chi connectivity index (χ4n) is 3.93. The van der Waals surface area contributed by atoms with Gasteiger partial charge < -0.3 is 15.0 Å². The van der Waals surface area contributed by atoms with Crippen LogP contribution in [0.5, 0.6) is 5.75 Å². The quantitative estimate of drug-likeness (QED) is 0.293. The van der Waals surface area contributed by atoms with E-state index in [-0.39, 0.29) is 39.8 Å². The van der Waals surface area contributed by atoms with Crippen LogP contribution in [0.4, 0.5) is 5.69 Å². The van der Waals surface area contributed by atoms with E-state index in [1.807, 2.05) is 13.8 Å². The van der Waals surface area contributed by atoms with Gasteiger partial charge in [0, 0.05) is 22.6 Å². The third-order valence-corrected chi connectivity index (χ3v) is 8.72. The van der Waals surface area contributed by atoms with Gasteiger partial charge in [-0.1, -0.05) is 60.5 Å². The fraction of sp³-hybridized carbons (Fsp3) is 0.310. The molecule has 8 nitrogen and oxygen atoms in total. The standard InChI is InChI=1S/C29H33Cl2N3O5S/c1-5-20(2)32-29(36)21(3)33(18-22-11-13-23(30)14-12-22)28(35)19-34(26-17-24(31)15-16-27(26)39-4)40(37,38)25-9-7-6-8-10-25/h6-17,20-21H,5,18-19H2,1-4H3,(H,32,36). The van der Waals surface area contributed by atoms with Gasteiger partial charge in [0.1, 0.15) is 18.3 Å². The molecule has 3 rings (SSSR count). The summed E-state index contributed by atoms with van der Waals surface area (Å²) in [7, 11) is -2.85. The summed E-state index contributed by atoms with van der Waals surface area (Å²) in [5.41, 5.74) is 0.814. The molecule has 0 bridgehead atoms. The molecule has 11 heteroatoms. The SMILES string of the molecule is CCC(C)NC(=O)C(C)N(Cc1ccc(Cl)cc1)C(=O)CN(c1cc(Cl)ccc1OC)S(=O)(=O)c1ccccc1. The number of hydrogen-bond donors (Lipinski definition) is 1. The summed E-state index contributed by atoms with van der Waals surface area (Å²) in [6.45, 7) is 4.87.